The number of hydrogen-bond donors (Lipinski definition) is 2. The molecule has 2 N–H and O–H groups in total. The Labute approximate surface area is 135 Å². The molecule has 0 unspecified atom stereocenters. The Morgan fingerprint density at radius 1 is 1.00 bits per heavy atom. The third-order valence-electron chi connectivity index (χ3n) is 4.95. The molecule has 1 aromatic heterocycles. The van der Waals surface area contributed by atoms with E-state index in [2.05, 4.69) is 58.0 Å². The number of phenols is 1. The van der Waals surface area contributed by atoms with Crippen LogP contribution < -0.4 is 0 Å². The van der Waals surface area contributed by atoms with Gasteiger partial charge in [-0.2, -0.15) is 0 Å². The number of H-pyrrole nitrogens is 1. The van der Waals surface area contributed by atoms with Crippen LogP contribution in [-0.4, -0.2) is 18.2 Å². The van der Waals surface area contributed by atoms with Crippen molar-refractivity contribution >= 4 is 19.0 Å². The molecule has 2 aromatic rings. The number of nitrogens with one attached hydrogen (secondary N) is 1. The zero-order valence-electron chi connectivity index (χ0n) is 14.5. The molecule has 0 spiro atoms. The second-order valence-corrected chi connectivity index (χ2v) is 12.7. The Bertz CT molecular complexity index is 694. The molecule has 0 saturated heterocycles. The number of fused-ring (bicyclic) bond motifs is 1. The summed E-state index contributed by atoms with van der Waals surface area (Å²) >= 11 is 0. The van der Waals surface area contributed by atoms with Crippen molar-refractivity contribution in [2.24, 2.45) is 0 Å². The average molecular weight is 314 g/mol. The van der Waals surface area contributed by atoms with Crippen LogP contribution >= 0.6 is 0 Å². The van der Waals surface area contributed by atoms with Gasteiger partial charge in [0.2, 0.25) is 0 Å². The zero-order chi connectivity index (χ0) is 16.5. The van der Waals surface area contributed by atoms with Crippen LogP contribution in [0, 0.1) is 11.5 Å². The molecule has 1 heterocycles. The minimum Gasteiger partial charge on any atom is -0.508 e. The van der Waals surface area contributed by atoms with Crippen LogP contribution in [0.5, 0.6) is 5.75 Å². The fourth-order valence-electron chi connectivity index (χ4n) is 3.82. The van der Waals surface area contributed by atoms with Gasteiger partial charge in [0.1, 0.15) is 13.8 Å². The smallest absolute Gasteiger partial charge is 0.146 e. The van der Waals surface area contributed by atoms with Crippen LogP contribution in [0.4, 0.5) is 0 Å². The number of aromatic amines is 1. The lowest BCUT2D eigenvalue weighted by Gasteiger charge is -2.38. The highest BCUT2D eigenvalue weighted by molar-refractivity contribution is 6.90. The predicted molar refractivity (Wildman–Crippen MR) is 97.9 cm³/mol. The van der Waals surface area contributed by atoms with Gasteiger partial charge in [-0.05, 0) is 34.8 Å². The molecule has 0 aliphatic heterocycles. The van der Waals surface area contributed by atoms with Gasteiger partial charge >= 0.3 is 0 Å². The highest BCUT2D eigenvalue weighted by Crippen LogP contribution is 2.40. The summed E-state index contributed by atoms with van der Waals surface area (Å²) in [5.41, 5.74) is 7.62. The van der Waals surface area contributed by atoms with Crippen LogP contribution in [0.15, 0.2) is 24.4 Å². The van der Waals surface area contributed by atoms with E-state index >= 15 is 0 Å². The molecule has 0 saturated carbocycles. The van der Waals surface area contributed by atoms with Crippen molar-refractivity contribution in [3.63, 3.8) is 0 Å². The quantitative estimate of drug-likeness (QED) is 0.574. The van der Waals surface area contributed by atoms with Gasteiger partial charge in [0.05, 0.1) is 0 Å². The van der Waals surface area contributed by atoms with Crippen molar-refractivity contribution in [1.29, 1.82) is 0 Å². The molecule has 0 radical (unpaired) electrons. The standard InChI is InChI=1S/C19H27NOSi/c1-13(2)22(14(3)4,15(5)6)10-9-16-12-20-19-8-7-17(21)11-18(16)19/h7-8,11-15,20-21H,1-6H3. The first kappa shape index (κ1) is 16.7. The van der Waals surface area contributed by atoms with Gasteiger partial charge in [0.25, 0.3) is 0 Å². The molecule has 0 aliphatic carbocycles. The number of aromatic nitrogens is 1. The van der Waals surface area contributed by atoms with Crippen molar-refractivity contribution in [3.05, 3.63) is 30.0 Å². The van der Waals surface area contributed by atoms with E-state index in [9.17, 15) is 5.11 Å². The van der Waals surface area contributed by atoms with E-state index in [0.717, 1.165) is 16.5 Å². The molecule has 2 nitrogen and oxygen atoms in total. The predicted octanol–water partition coefficient (Wildman–Crippen LogP) is 5.44. The summed E-state index contributed by atoms with van der Waals surface area (Å²) in [6.07, 6.45) is 1.96. The highest BCUT2D eigenvalue weighted by Gasteiger charge is 2.41. The molecule has 2 rings (SSSR count). The fourth-order valence-corrected chi connectivity index (χ4v) is 9.04. The number of rotatable bonds is 3. The van der Waals surface area contributed by atoms with Gasteiger partial charge in [-0.3, -0.25) is 0 Å². The maximum absolute atomic E-state index is 9.71. The summed E-state index contributed by atoms with van der Waals surface area (Å²) in [5, 5.41) is 10.7. The molecule has 118 valence electrons. The van der Waals surface area contributed by atoms with E-state index in [4.69, 9.17) is 0 Å². The fraction of sp³-hybridized carbons (Fsp3) is 0.474. The molecule has 0 fully saturated rings. The summed E-state index contributed by atoms with van der Waals surface area (Å²) in [5.74, 6) is 3.74. The zero-order valence-corrected chi connectivity index (χ0v) is 15.5. The lowest BCUT2D eigenvalue weighted by Crippen LogP contribution is -2.43. The number of aromatic hydroxyl groups is 1. The SMILES string of the molecule is CC(C)[Si](C#Cc1c[nH]c2ccc(O)cc12)(C(C)C)C(C)C. The number of hydrogen-bond acceptors (Lipinski definition) is 1. The van der Waals surface area contributed by atoms with Gasteiger partial charge < -0.3 is 10.1 Å². The van der Waals surface area contributed by atoms with Crippen molar-refractivity contribution < 1.29 is 5.11 Å². The molecular formula is C19H27NOSi. The van der Waals surface area contributed by atoms with Crippen molar-refractivity contribution in [2.75, 3.05) is 0 Å². The van der Waals surface area contributed by atoms with Crippen molar-refractivity contribution in [1.82, 2.24) is 4.98 Å². The van der Waals surface area contributed by atoms with Crippen LogP contribution in [0.25, 0.3) is 10.9 Å². The number of phenolic OH excluding ortho intramolecular Hbond substituents is 1. The van der Waals surface area contributed by atoms with Gasteiger partial charge in [-0.1, -0.05) is 47.5 Å². The second kappa shape index (κ2) is 6.22. The Morgan fingerprint density at radius 2 is 1.59 bits per heavy atom. The van der Waals surface area contributed by atoms with Gasteiger partial charge in [-0.15, -0.1) is 5.54 Å². The first-order chi connectivity index (χ1) is 10.3. The van der Waals surface area contributed by atoms with E-state index in [1.54, 1.807) is 12.1 Å². The van der Waals surface area contributed by atoms with Gasteiger partial charge in [0.15, 0.2) is 0 Å². The summed E-state index contributed by atoms with van der Waals surface area (Å²) in [4.78, 5) is 3.24. The Morgan fingerprint density at radius 3 is 2.14 bits per heavy atom. The monoisotopic (exact) mass is 313 g/mol. The highest BCUT2D eigenvalue weighted by atomic mass is 28.3. The molecule has 0 atom stereocenters. The summed E-state index contributed by atoms with van der Waals surface area (Å²) in [6, 6.07) is 5.39. The lowest BCUT2D eigenvalue weighted by atomic mass is 10.2. The van der Waals surface area contributed by atoms with E-state index in [-0.39, 0.29) is 5.75 Å². The summed E-state index contributed by atoms with van der Waals surface area (Å²) in [7, 11) is -1.72. The molecule has 1 aromatic carbocycles. The summed E-state index contributed by atoms with van der Waals surface area (Å²) in [6.45, 7) is 13.9. The number of benzene rings is 1. The molecule has 0 bridgehead atoms. The maximum atomic E-state index is 9.71. The third kappa shape index (κ3) is 2.80. The van der Waals surface area contributed by atoms with E-state index in [1.165, 1.54) is 0 Å². The van der Waals surface area contributed by atoms with Crippen LogP contribution in [0.1, 0.15) is 47.1 Å². The normalized spacial score (nSPS) is 12.2. The van der Waals surface area contributed by atoms with Gasteiger partial charge in [0, 0.05) is 22.7 Å². The van der Waals surface area contributed by atoms with E-state index in [1.807, 2.05) is 12.3 Å². The van der Waals surface area contributed by atoms with Crippen molar-refractivity contribution in [2.45, 2.75) is 58.2 Å². The first-order valence-corrected chi connectivity index (χ1v) is 10.4. The van der Waals surface area contributed by atoms with Gasteiger partial charge in [-0.25, -0.2) is 0 Å². The third-order valence-corrected chi connectivity index (χ3v) is 11.2. The topological polar surface area (TPSA) is 36.0 Å². The Hall–Kier alpha value is -1.66. The minimum absolute atomic E-state index is 0.287. The van der Waals surface area contributed by atoms with Crippen LogP contribution in [0.2, 0.25) is 16.6 Å². The van der Waals surface area contributed by atoms with E-state index < -0.39 is 8.07 Å². The Kier molecular flexibility index (Phi) is 4.72. The lowest BCUT2D eigenvalue weighted by molar-refractivity contribution is 0.476. The van der Waals surface area contributed by atoms with Crippen molar-refractivity contribution in [3.8, 4) is 17.2 Å². The van der Waals surface area contributed by atoms with Crippen LogP contribution in [-0.2, 0) is 0 Å². The minimum atomic E-state index is -1.72. The molecule has 0 aliphatic rings. The maximum Gasteiger partial charge on any atom is 0.146 e. The molecule has 22 heavy (non-hydrogen) atoms. The first-order valence-electron chi connectivity index (χ1n) is 8.12. The van der Waals surface area contributed by atoms with Crippen LogP contribution in [0.3, 0.4) is 0 Å². The summed E-state index contributed by atoms with van der Waals surface area (Å²) < 4.78 is 0. The average Bonchev–Trinajstić information content (AvgIpc) is 2.80. The largest absolute Gasteiger partial charge is 0.508 e. The molecule has 0 amide bonds. The van der Waals surface area contributed by atoms with E-state index in [0.29, 0.717) is 16.6 Å². The molecular weight excluding hydrogens is 286 g/mol. The molecule has 3 heteroatoms. The second-order valence-electron chi connectivity index (χ2n) is 7.08. The Balaban J connectivity index is 2.55.